The van der Waals surface area contributed by atoms with Crippen LogP contribution in [0.2, 0.25) is 0 Å². The molecule has 7 heteroatoms. The Kier molecular flexibility index (Phi) is 6.41. The van der Waals surface area contributed by atoms with E-state index in [0.717, 1.165) is 30.8 Å². The number of hydrogen-bond donors (Lipinski definition) is 2. The minimum absolute atomic E-state index is 0.00593. The number of nitrogens with one attached hydrogen (secondary N) is 1. The Hall–Kier alpha value is -1.15. The third-order valence-electron chi connectivity index (χ3n) is 3.89. The van der Waals surface area contributed by atoms with Crippen LogP contribution in [0.15, 0.2) is 24.3 Å². The molecule has 2 rings (SSSR count). The summed E-state index contributed by atoms with van der Waals surface area (Å²) in [6.07, 6.45) is 0.826. The number of nitrogens with zero attached hydrogens (tertiary/aromatic N) is 1. The topological polar surface area (TPSA) is 78.9 Å². The van der Waals surface area contributed by atoms with Crippen LogP contribution in [0.1, 0.15) is 25.8 Å². The van der Waals surface area contributed by atoms with Crippen molar-refractivity contribution < 1.29 is 18.3 Å². The molecule has 0 radical (unpaired) electrons. The van der Waals surface area contributed by atoms with Crippen molar-refractivity contribution in [2.45, 2.75) is 38.1 Å². The number of rotatable bonds is 8. The van der Waals surface area contributed by atoms with Crippen LogP contribution in [0.5, 0.6) is 5.75 Å². The molecule has 1 aromatic carbocycles. The first-order valence-electron chi connectivity index (χ1n) is 7.97. The molecule has 1 heterocycles. The molecule has 0 bridgehead atoms. The molecule has 1 aliphatic rings. The largest absolute Gasteiger partial charge is 0.491 e. The number of benzene rings is 1. The van der Waals surface area contributed by atoms with Crippen LogP contribution >= 0.6 is 0 Å². The first-order valence-corrected chi connectivity index (χ1v) is 9.51. The van der Waals surface area contributed by atoms with E-state index in [1.807, 2.05) is 24.3 Å². The number of ether oxygens (including phenoxy) is 1. The molecule has 23 heavy (non-hydrogen) atoms. The Morgan fingerprint density at radius 2 is 2.22 bits per heavy atom. The van der Waals surface area contributed by atoms with Crippen LogP contribution in [-0.4, -0.2) is 56.0 Å². The fourth-order valence-electron chi connectivity index (χ4n) is 2.60. The highest BCUT2D eigenvalue weighted by Crippen LogP contribution is 2.18. The van der Waals surface area contributed by atoms with Gasteiger partial charge in [-0.15, -0.1) is 0 Å². The quantitative estimate of drug-likeness (QED) is 0.736. The van der Waals surface area contributed by atoms with E-state index in [-0.39, 0.29) is 19.3 Å². The van der Waals surface area contributed by atoms with Gasteiger partial charge in [-0.2, -0.15) is 0 Å². The molecule has 0 saturated carbocycles. The highest BCUT2D eigenvalue weighted by atomic mass is 32.2. The van der Waals surface area contributed by atoms with Crippen LogP contribution < -0.4 is 9.46 Å². The summed E-state index contributed by atoms with van der Waals surface area (Å²) in [7, 11) is -3.22. The number of sulfonamides is 1. The summed E-state index contributed by atoms with van der Waals surface area (Å²) in [5.41, 5.74) is 1.12. The summed E-state index contributed by atoms with van der Waals surface area (Å²) >= 11 is 0. The minimum Gasteiger partial charge on any atom is -0.491 e. The van der Waals surface area contributed by atoms with Gasteiger partial charge in [0.05, 0.1) is 11.9 Å². The Morgan fingerprint density at radius 1 is 1.43 bits per heavy atom. The smallest absolute Gasteiger partial charge is 0.214 e. The molecule has 1 fully saturated rings. The van der Waals surface area contributed by atoms with E-state index < -0.39 is 15.3 Å². The highest BCUT2D eigenvalue weighted by Gasteiger charge is 2.27. The fraction of sp³-hybridized carbons (Fsp3) is 0.625. The molecule has 0 amide bonds. The minimum atomic E-state index is -3.22. The lowest BCUT2D eigenvalue weighted by Gasteiger charge is -2.18. The third kappa shape index (κ3) is 5.46. The first-order chi connectivity index (χ1) is 10.9. The Labute approximate surface area is 138 Å². The monoisotopic (exact) mass is 342 g/mol. The highest BCUT2D eigenvalue weighted by molar-refractivity contribution is 7.90. The summed E-state index contributed by atoms with van der Waals surface area (Å²) in [5, 5.41) is 8.39. The van der Waals surface area contributed by atoms with E-state index in [4.69, 9.17) is 9.84 Å². The van der Waals surface area contributed by atoms with E-state index in [9.17, 15) is 8.42 Å². The van der Waals surface area contributed by atoms with Crippen LogP contribution in [0, 0.1) is 0 Å². The maximum absolute atomic E-state index is 11.9. The lowest BCUT2D eigenvalue weighted by atomic mass is 10.2. The van der Waals surface area contributed by atoms with E-state index in [0.29, 0.717) is 6.54 Å². The summed E-state index contributed by atoms with van der Waals surface area (Å²) < 4.78 is 32.1. The molecule has 6 nitrogen and oxygen atoms in total. The molecular weight excluding hydrogens is 316 g/mol. The predicted molar refractivity (Wildman–Crippen MR) is 89.9 cm³/mol. The lowest BCUT2D eigenvalue weighted by Crippen LogP contribution is -2.40. The average molecular weight is 342 g/mol. The second-order valence-corrected chi connectivity index (χ2v) is 8.42. The van der Waals surface area contributed by atoms with Gasteiger partial charge in [-0.25, -0.2) is 13.1 Å². The van der Waals surface area contributed by atoms with Gasteiger partial charge in [0.15, 0.2) is 0 Å². The summed E-state index contributed by atoms with van der Waals surface area (Å²) in [6, 6.07) is 7.76. The van der Waals surface area contributed by atoms with E-state index >= 15 is 0 Å². The summed E-state index contributed by atoms with van der Waals surface area (Å²) in [4.78, 5) is 2.23. The normalized spacial score (nSPS) is 19.4. The standard InChI is InChI=1S/C16H26N2O4S/c1-13(2)23(20,21)17-15-6-7-18(12-15)11-14-4-3-5-16(10-14)22-9-8-19/h3-5,10,13,15,17,19H,6-9,11-12H2,1-2H3/t15-/m1/s1. The van der Waals surface area contributed by atoms with E-state index in [1.165, 1.54) is 0 Å². The molecule has 2 N–H and O–H groups in total. The van der Waals surface area contributed by atoms with Gasteiger partial charge in [0.1, 0.15) is 12.4 Å². The van der Waals surface area contributed by atoms with Gasteiger partial charge in [-0.1, -0.05) is 12.1 Å². The molecule has 130 valence electrons. The SMILES string of the molecule is CC(C)S(=O)(=O)N[C@@H]1CCN(Cc2cccc(OCCO)c2)C1. The molecule has 0 aliphatic carbocycles. The van der Waals surface area contributed by atoms with Crippen LogP contribution in [0.25, 0.3) is 0 Å². The molecule has 0 spiro atoms. The van der Waals surface area contributed by atoms with Crippen molar-refractivity contribution in [2.24, 2.45) is 0 Å². The summed E-state index contributed by atoms with van der Waals surface area (Å²) in [5.74, 6) is 0.743. The van der Waals surface area contributed by atoms with Crippen molar-refractivity contribution in [3.05, 3.63) is 29.8 Å². The zero-order chi connectivity index (χ0) is 16.9. The number of hydrogen-bond acceptors (Lipinski definition) is 5. The maximum Gasteiger partial charge on any atom is 0.214 e. The van der Waals surface area contributed by atoms with Crippen molar-refractivity contribution >= 4 is 10.0 Å². The van der Waals surface area contributed by atoms with Crippen LogP contribution in [-0.2, 0) is 16.6 Å². The Morgan fingerprint density at radius 3 is 2.91 bits per heavy atom. The van der Waals surface area contributed by atoms with Crippen molar-refractivity contribution in [3.63, 3.8) is 0 Å². The Balaban J connectivity index is 1.88. The van der Waals surface area contributed by atoms with Gasteiger partial charge < -0.3 is 9.84 Å². The van der Waals surface area contributed by atoms with Crippen LogP contribution in [0.4, 0.5) is 0 Å². The van der Waals surface area contributed by atoms with E-state index in [1.54, 1.807) is 13.8 Å². The van der Waals surface area contributed by atoms with Crippen molar-refractivity contribution in [3.8, 4) is 5.75 Å². The predicted octanol–water partition coefficient (Wildman–Crippen LogP) is 0.960. The van der Waals surface area contributed by atoms with E-state index in [2.05, 4.69) is 9.62 Å². The molecule has 1 atom stereocenters. The van der Waals surface area contributed by atoms with Gasteiger partial charge in [-0.3, -0.25) is 4.90 Å². The lowest BCUT2D eigenvalue weighted by molar-refractivity contribution is 0.201. The number of aliphatic hydroxyl groups is 1. The van der Waals surface area contributed by atoms with Crippen molar-refractivity contribution in [2.75, 3.05) is 26.3 Å². The Bertz CT molecular complexity index is 604. The molecule has 1 saturated heterocycles. The zero-order valence-corrected chi connectivity index (χ0v) is 14.6. The number of likely N-dealkylation sites (tertiary alicyclic amines) is 1. The van der Waals surface area contributed by atoms with Crippen molar-refractivity contribution in [1.29, 1.82) is 0 Å². The van der Waals surface area contributed by atoms with Crippen LogP contribution in [0.3, 0.4) is 0 Å². The van der Waals surface area contributed by atoms with Gasteiger partial charge in [-0.05, 0) is 38.0 Å². The van der Waals surface area contributed by atoms with Gasteiger partial charge in [0.2, 0.25) is 10.0 Å². The van der Waals surface area contributed by atoms with Gasteiger partial charge >= 0.3 is 0 Å². The second-order valence-electron chi connectivity index (χ2n) is 6.15. The second kappa shape index (κ2) is 8.10. The zero-order valence-electron chi connectivity index (χ0n) is 13.7. The molecule has 1 aromatic rings. The van der Waals surface area contributed by atoms with Crippen molar-refractivity contribution in [1.82, 2.24) is 9.62 Å². The fourth-order valence-corrected chi connectivity index (χ4v) is 3.53. The molecular formula is C16H26N2O4S. The third-order valence-corrected chi connectivity index (χ3v) is 5.79. The van der Waals surface area contributed by atoms with Gasteiger partial charge in [0, 0.05) is 25.7 Å². The molecule has 1 aliphatic heterocycles. The molecule has 0 aromatic heterocycles. The summed E-state index contributed by atoms with van der Waals surface area (Å²) in [6.45, 7) is 6.00. The number of aliphatic hydroxyl groups excluding tert-OH is 1. The molecule has 0 unspecified atom stereocenters. The van der Waals surface area contributed by atoms with Gasteiger partial charge in [0.25, 0.3) is 0 Å². The maximum atomic E-state index is 11.9. The first kappa shape index (κ1) is 18.2. The average Bonchev–Trinajstić information content (AvgIpc) is 2.91.